The zero-order valence-electron chi connectivity index (χ0n) is 20.7. The highest BCUT2D eigenvalue weighted by atomic mass is 32.1. The van der Waals surface area contributed by atoms with Gasteiger partial charge in [-0.2, -0.15) is 0 Å². The van der Waals surface area contributed by atoms with Gasteiger partial charge in [-0.05, 0) is 68.6 Å². The third-order valence-electron chi connectivity index (χ3n) is 6.81. The number of nitrogens with zero attached hydrogens (tertiary/aromatic N) is 2. The summed E-state index contributed by atoms with van der Waals surface area (Å²) >= 11 is 1.49. The van der Waals surface area contributed by atoms with Crippen LogP contribution >= 0.6 is 11.3 Å². The van der Waals surface area contributed by atoms with Crippen molar-refractivity contribution in [3.63, 3.8) is 0 Å². The molecule has 0 amide bonds. The van der Waals surface area contributed by atoms with Gasteiger partial charge >= 0.3 is 5.97 Å². The molecule has 1 aliphatic carbocycles. The quantitative estimate of drug-likeness (QED) is 0.404. The Morgan fingerprint density at radius 1 is 1.15 bits per heavy atom. The van der Waals surface area contributed by atoms with Crippen molar-refractivity contribution >= 4 is 27.5 Å². The highest BCUT2D eigenvalue weighted by Gasteiger charge is 2.31. The van der Waals surface area contributed by atoms with Crippen molar-refractivity contribution in [1.29, 1.82) is 0 Å². The number of benzene rings is 1. The topological polar surface area (TPSA) is 70.4 Å². The number of hydrogen-bond donors (Lipinski definition) is 0. The minimum Gasteiger partial charge on any atom is -0.494 e. The van der Waals surface area contributed by atoms with Gasteiger partial charge in [0.15, 0.2) is 0 Å². The third kappa shape index (κ3) is 5.19. The van der Waals surface area contributed by atoms with Gasteiger partial charge in [0, 0.05) is 10.4 Å². The summed E-state index contributed by atoms with van der Waals surface area (Å²) in [6.07, 6.45) is 5.28. The fourth-order valence-corrected chi connectivity index (χ4v) is 5.89. The van der Waals surface area contributed by atoms with E-state index in [0.717, 1.165) is 47.4 Å². The first kappa shape index (κ1) is 24.5. The summed E-state index contributed by atoms with van der Waals surface area (Å²) in [5.74, 6) is 1.06. The lowest BCUT2D eigenvalue weighted by atomic mass is 9.72. The molecule has 182 valence electrons. The zero-order valence-corrected chi connectivity index (χ0v) is 21.5. The minimum absolute atomic E-state index is 0.0682. The second kappa shape index (κ2) is 9.90. The maximum Gasteiger partial charge on any atom is 0.326 e. The molecule has 0 bridgehead atoms. The molecular weight excluding hydrogens is 448 g/mol. The van der Waals surface area contributed by atoms with Crippen molar-refractivity contribution in [2.45, 2.75) is 73.0 Å². The largest absolute Gasteiger partial charge is 0.494 e. The summed E-state index contributed by atoms with van der Waals surface area (Å²) in [7, 11) is 0. The molecule has 0 saturated heterocycles. The van der Waals surface area contributed by atoms with Crippen LogP contribution in [0.1, 0.15) is 58.3 Å². The summed E-state index contributed by atoms with van der Waals surface area (Å²) in [5.41, 5.74) is 1.86. The Hall–Kier alpha value is -2.67. The third-order valence-corrected chi connectivity index (χ3v) is 7.82. The Kier molecular flexibility index (Phi) is 7.12. The molecule has 34 heavy (non-hydrogen) atoms. The molecule has 4 rings (SSSR count). The second-order valence-electron chi connectivity index (χ2n) is 10.2. The average Bonchev–Trinajstić information content (AvgIpc) is 3.13. The lowest BCUT2D eigenvalue weighted by Crippen LogP contribution is -2.32. The molecule has 7 heteroatoms. The Morgan fingerprint density at radius 3 is 2.44 bits per heavy atom. The highest BCUT2D eigenvalue weighted by molar-refractivity contribution is 7.19. The van der Waals surface area contributed by atoms with Crippen molar-refractivity contribution in [2.24, 2.45) is 11.3 Å². The van der Waals surface area contributed by atoms with Crippen molar-refractivity contribution in [2.75, 3.05) is 6.61 Å². The van der Waals surface area contributed by atoms with Crippen molar-refractivity contribution < 1.29 is 14.3 Å². The highest BCUT2D eigenvalue weighted by Crippen LogP contribution is 2.39. The molecule has 2 heterocycles. The molecule has 2 aromatic heterocycles. The molecule has 1 aliphatic rings. The van der Waals surface area contributed by atoms with E-state index in [9.17, 15) is 9.59 Å². The molecule has 1 aromatic carbocycles. The van der Waals surface area contributed by atoms with Crippen LogP contribution in [0, 0.1) is 18.3 Å². The van der Waals surface area contributed by atoms with E-state index in [1.807, 2.05) is 38.1 Å². The number of esters is 1. The van der Waals surface area contributed by atoms with Crippen LogP contribution in [0.25, 0.3) is 21.3 Å². The van der Waals surface area contributed by atoms with Crippen LogP contribution < -0.4 is 10.3 Å². The SMILES string of the molecule is CCOc1ccc(-c2c(C)sc3ncn(CC(=O)OC4CCC(C(C)(C)C)CC4)c(=O)c23)cc1. The number of aromatic nitrogens is 2. The van der Waals surface area contributed by atoms with Gasteiger partial charge in [-0.15, -0.1) is 11.3 Å². The molecule has 6 nitrogen and oxygen atoms in total. The van der Waals surface area contributed by atoms with Gasteiger partial charge in [-0.3, -0.25) is 14.2 Å². The number of fused-ring (bicyclic) bond motifs is 1. The molecule has 0 unspecified atom stereocenters. The normalized spacial score (nSPS) is 18.7. The van der Waals surface area contributed by atoms with Gasteiger partial charge in [-0.25, -0.2) is 4.98 Å². The Morgan fingerprint density at radius 2 is 1.82 bits per heavy atom. The maximum absolute atomic E-state index is 13.4. The summed E-state index contributed by atoms with van der Waals surface area (Å²) in [6, 6.07) is 7.72. The van der Waals surface area contributed by atoms with Crippen molar-refractivity contribution in [1.82, 2.24) is 9.55 Å². The molecule has 1 fully saturated rings. The average molecular weight is 483 g/mol. The van der Waals surface area contributed by atoms with Gasteiger partial charge in [0.2, 0.25) is 0 Å². The summed E-state index contributed by atoms with van der Waals surface area (Å²) < 4.78 is 12.7. The summed E-state index contributed by atoms with van der Waals surface area (Å²) in [5, 5.41) is 0.549. The first-order valence-electron chi connectivity index (χ1n) is 12.1. The van der Waals surface area contributed by atoms with E-state index >= 15 is 0 Å². The number of carbonyl (C=O) groups excluding carboxylic acids is 1. The zero-order chi connectivity index (χ0) is 24.5. The van der Waals surface area contributed by atoms with Gasteiger partial charge in [0.25, 0.3) is 5.56 Å². The number of hydrogen-bond acceptors (Lipinski definition) is 6. The van der Waals surface area contributed by atoms with Gasteiger partial charge < -0.3 is 9.47 Å². The monoisotopic (exact) mass is 482 g/mol. The number of rotatable bonds is 6. The van der Waals surface area contributed by atoms with Crippen LogP contribution in [0.15, 0.2) is 35.4 Å². The van der Waals surface area contributed by atoms with Crippen LogP contribution in [-0.2, 0) is 16.1 Å². The number of ether oxygens (including phenoxy) is 2. The molecule has 0 N–H and O–H groups in total. The Bertz CT molecular complexity index is 1210. The minimum atomic E-state index is -0.378. The van der Waals surface area contributed by atoms with E-state index in [1.54, 1.807) is 0 Å². The summed E-state index contributed by atoms with van der Waals surface area (Å²) in [6.45, 7) is 11.2. The van der Waals surface area contributed by atoms with Gasteiger partial charge in [-0.1, -0.05) is 32.9 Å². The first-order valence-corrected chi connectivity index (χ1v) is 12.9. The van der Waals surface area contributed by atoms with E-state index in [2.05, 4.69) is 25.8 Å². The van der Waals surface area contributed by atoms with Crippen LogP contribution in [0.4, 0.5) is 0 Å². The van der Waals surface area contributed by atoms with Crippen molar-refractivity contribution in [3.8, 4) is 16.9 Å². The van der Waals surface area contributed by atoms with E-state index < -0.39 is 0 Å². The van der Waals surface area contributed by atoms with Crippen molar-refractivity contribution in [3.05, 3.63) is 45.8 Å². The van der Waals surface area contributed by atoms with E-state index in [1.165, 1.54) is 22.2 Å². The molecule has 3 aromatic rings. The fourth-order valence-electron chi connectivity index (χ4n) is 4.89. The maximum atomic E-state index is 13.4. The molecule has 1 saturated carbocycles. The predicted molar refractivity (Wildman–Crippen MR) is 137 cm³/mol. The van der Waals surface area contributed by atoms with Crippen LogP contribution in [-0.4, -0.2) is 28.2 Å². The number of aryl methyl sites for hydroxylation is 1. The van der Waals surface area contributed by atoms with Crippen LogP contribution in [0.2, 0.25) is 0 Å². The lowest BCUT2D eigenvalue weighted by molar-refractivity contribution is -0.152. The van der Waals surface area contributed by atoms with E-state index in [-0.39, 0.29) is 29.6 Å². The second-order valence-corrected chi connectivity index (χ2v) is 11.4. The molecule has 0 spiro atoms. The Balaban J connectivity index is 1.52. The lowest BCUT2D eigenvalue weighted by Gasteiger charge is -2.36. The van der Waals surface area contributed by atoms with Crippen LogP contribution in [0.5, 0.6) is 5.75 Å². The molecule has 0 atom stereocenters. The van der Waals surface area contributed by atoms with E-state index in [0.29, 0.717) is 22.7 Å². The standard InChI is InChI=1S/C27H34N2O4S/c1-6-32-20-11-7-18(8-12-20)23-17(2)34-25-24(23)26(31)29(16-28-25)15-22(30)33-21-13-9-19(10-14-21)27(3,4)5/h7-8,11-12,16,19,21H,6,9-10,13-15H2,1-5H3. The number of carbonyl (C=O) groups is 1. The predicted octanol–water partition coefficient (Wildman–Crippen LogP) is 5.98. The molecule has 0 radical (unpaired) electrons. The van der Waals surface area contributed by atoms with Gasteiger partial charge in [0.05, 0.1) is 18.3 Å². The Labute approximate surface area is 204 Å². The van der Waals surface area contributed by atoms with E-state index in [4.69, 9.17) is 9.47 Å². The molecule has 0 aliphatic heterocycles. The first-order chi connectivity index (χ1) is 16.2. The summed E-state index contributed by atoms with van der Waals surface area (Å²) in [4.78, 5) is 32.2. The smallest absolute Gasteiger partial charge is 0.326 e. The fraction of sp³-hybridized carbons (Fsp3) is 0.519. The van der Waals surface area contributed by atoms with Gasteiger partial charge in [0.1, 0.15) is 23.2 Å². The number of thiophene rings is 1. The van der Waals surface area contributed by atoms with Crippen LogP contribution in [0.3, 0.4) is 0 Å². The molecular formula is C27H34N2O4S.